The molecule has 0 saturated carbocycles. The molecule has 288 valence electrons. The SMILES string of the molecule is CCCCCCCCCCCCCCCCCCCCCCCCCCCC(=O)N(O)CCCCCCCCCCCCCCCCC. The molecule has 0 aliphatic heterocycles. The Hall–Kier alpha value is -0.570. The highest BCUT2D eigenvalue weighted by Gasteiger charge is 2.09. The van der Waals surface area contributed by atoms with Crippen LogP contribution in [0.2, 0.25) is 0 Å². The summed E-state index contributed by atoms with van der Waals surface area (Å²) in [6.07, 6.45) is 55.3. The van der Waals surface area contributed by atoms with Crippen LogP contribution < -0.4 is 0 Å². The Kier molecular flexibility index (Phi) is 42.1. The average Bonchev–Trinajstić information content (AvgIpc) is 3.09. The molecule has 0 aliphatic carbocycles. The van der Waals surface area contributed by atoms with E-state index in [0.717, 1.165) is 30.7 Å². The van der Waals surface area contributed by atoms with Crippen LogP contribution in [0.5, 0.6) is 0 Å². The van der Waals surface area contributed by atoms with Gasteiger partial charge in [-0.25, -0.2) is 5.06 Å². The van der Waals surface area contributed by atoms with Gasteiger partial charge in [0, 0.05) is 13.0 Å². The maximum atomic E-state index is 12.2. The third-order valence-corrected chi connectivity index (χ3v) is 10.8. The molecule has 1 N–H and O–H groups in total. The molecule has 0 aromatic rings. The number of hydroxylamine groups is 2. The van der Waals surface area contributed by atoms with Crippen LogP contribution in [-0.4, -0.2) is 22.7 Å². The van der Waals surface area contributed by atoms with Crippen molar-refractivity contribution in [2.24, 2.45) is 0 Å². The van der Waals surface area contributed by atoms with Crippen molar-refractivity contribution < 1.29 is 10.0 Å². The van der Waals surface area contributed by atoms with Gasteiger partial charge < -0.3 is 0 Å². The zero-order valence-electron chi connectivity index (χ0n) is 33.5. The lowest BCUT2D eigenvalue weighted by Gasteiger charge is -2.14. The van der Waals surface area contributed by atoms with Crippen LogP contribution in [0.15, 0.2) is 0 Å². The maximum Gasteiger partial charge on any atom is 0.245 e. The molecule has 0 atom stereocenters. The van der Waals surface area contributed by atoms with E-state index >= 15 is 0 Å². The number of hydrogen-bond acceptors (Lipinski definition) is 2. The Labute approximate surface area is 303 Å². The van der Waals surface area contributed by atoms with Crippen molar-refractivity contribution in [2.75, 3.05) is 6.54 Å². The Morgan fingerprint density at radius 2 is 0.500 bits per heavy atom. The minimum atomic E-state index is -0.0746. The number of amides is 1. The number of rotatable bonds is 42. The molecule has 0 fully saturated rings. The fourth-order valence-corrected chi connectivity index (χ4v) is 7.30. The average molecular weight is 678 g/mol. The van der Waals surface area contributed by atoms with Gasteiger partial charge >= 0.3 is 0 Å². The van der Waals surface area contributed by atoms with Gasteiger partial charge in [-0.2, -0.15) is 0 Å². The summed E-state index contributed by atoms with van der Waals surface area (Å²) in [5, 5.41) is 11.1. The highest BCUT2D eigenvalue weighted by Crippen LogP contribution is 2.17. The van der Waals surface area contributed by atoms with Gasteiger partial charge in [0.1, 0.15) is 0 Å². The van der Waals surface area contributed by atoms with E-state index in [0.29, 0.717) is 13.0 Å². The van der Waals surface area contributed by atoms with E-state index in [1.807, 2.05) is 0 Å². The van der Waals surface area contributed by atoms with Crippen molar-refractivity contribution in [3.8, 4) is 0 Å². The maximum absolute atomic E-state index is 12.2. The van der Waals surface area contributed by atoms with Gasteiger partial charge in [0.2, 0.25) is 5.91 Å². The lowest BCUT2D eigenvalue weighted by molar-refractivity contribution is -0.165. The molecule has 0 saturated heterocycles. The Morgan fingerprint density at radius 1 is 0.312 bits per heavy atom. The smallest absolute Gasteiger partial charge is 0.245 e. The largest absolute Gasteiger partial charge is 0.286 e. The molecule has 3 nitrogen and oxygen atoms in total. The van der Waals surface area contributed by atoms with Gasteiger partial charge in [-0.1, -0.05) is 258 Å². The summed E-state index contributed by atoms with van der Waals surface area (Å²) < 4.78 is 0. The molecule has 1 amide bonds. The fourth-order valence-electron chi connectivity index (χ4n) is 7.30. The van der Waals surface area contributed by atoms with Gasteiger partial charge in [0.05, 0.1) is 0 Å². The highest BCUT2D eigenvalue weighted by molar-refractivity contribution is 5.74. The first-order valence-electron chi connectivity index (χ1n) is 22.7. The second-order valence-electron chi connectivity index (χ2n) is 15.7. The summed E-state index contributed by atoms with van der Waals surface area (Å²) >= 11 is 0. The molecule has 0 rings (SSSR count). The fraction of sp³-hybridized carbons (Fsp3) is 0.978. The van der Waals surface area contributed by atoms with Crippen LogP contribution in [0, 0.1) is 0 Å². The van der Waals surface area contributed by atoms with Crippen molar-refractivity contribution in [3.05, 3.63) is 0 Å². The van der Waals surface area contributed by atoms with E-state index < -0.39 is 0 Å². The summed E-state index contributed by atoms with van der Waals surface area (Å²) in [5.41, 5.74) is 0. The molecule has 0 aromatic carbocycles. The van der Waals surface area contributed by atoms with E-state index in [1.165, 1.54) is 231 Å². The molecule has 0 unspecified atom stereocenters. The predicted octanol–water partition coefficient (Wildman–Crippen LogP) is 16.2. The van der Waals surface area contributed by atoms with Crippen LogP contribution in [0.3, 0.4) is 0 Å². The third-order valence-electron chi connectivity index (χ3n) is 10.8. The Balaban J connectivity index is 3.23. The van der Waals surface area contributed by atoms with Gasteiger partial charge in [0.15, 0.2) is 0 Å². The second kappa shape index (κ2) is 42.6. The summed E-state index contributed by atoms with van der Waals surface area (Å²) in [7, 11) is 0. The van der Waals surface area contributed by atoms with E-state index in [1.54, 1.807) is 0 Å². The normalized spacial score (nSPS) is 11.5. The lowest BCUT2D eigenvalue weighted by Crippen LogP contribution is -2.28. The van der Waals surface area contributed by atoms with Crippen LogP contribution in [0.1, 0.15) is 277 Å². The summed E-state index contributed by atoms with van der Waals surface area (Å²) in [5.74, 6) is -0.0746. The number of carbonyl (C=O) groups is 1. The van der Waals surface area contributed by atoms with Crippen LogP contribution in [0.4, 0.5) is 0 Å². The van der Waals surface area contributed by atoms with Gasteiger partial charge in [-0.3, -0.25) is 10.0 Å². The van der Waals surface area contributed by atoms with Gasteiger partial charge in [0.25, 0.3) is 0 Å². The van der Waals surface area contributed by atoms with Crippen molar-refractivity contribution >= 4 is 5.91 Å². The van der Waals surface area contributed by atoms with Gasteiger partial charge in [-0.05, 0) is 12.8 Å². The molecular formula is C45H91NO2. The molecule has 0 aliphatic rings. The second-order valence-corrected chi connectivity index (χ2v) is 15.7. The van der Waals surface area contributed by atoms with Gasteiger partial charge in [-0.15, -0.1) is 0 Å². The monoisotopic (exact) mass is 678 g/mol. The first kappa shape index (κ1) is 47.4. The zero-order valence-corrected chi connectivity index (χ0v) is 33.5. The van der Waals surface area contributed by atoms with Crippen LogP contribution in [-0.2, 0) is 4.79 Å². The van der Waals surface area contributed by atoms with Crippen LogP contribution >= 0.6 is 0 Å². The number of unbranched alkanes of at least 4 members (excludes halogenated alkanes) is 38. The van der Waals surface area contributed by atoms with E-state index in [2.05, 4.69) is 13.8 Å². The minimum Gasteiger partial charge on any atom is -0.286 e. The van der Waals surface area contributed by atoms with E-state index in [-0.39, 0.29) is 5.91 Å². The quantitative estimate of drug-likeness (QED) is 0.0397. The predicted molar refractivity (Wildman–Crippen MR) is 214 cm³/mol. The van der Waals surface area contributed by atoms with E-state index in [9.17, 15) is 10.0 Å². The highest BCUT2D eigenvalue weighted by atomic mass is 16.5. The standard InChI is InChI=1S/C45H91NO2/c1-3-5-7-9-11-13-15-17-19-20-21-22-23-24-25-26-27-28-29-31-33-35-37-39-41-43-45(47)46(48)44-42-40-38-36-34-32-30-18-16-14-12-10-8-6-4-2/h48H,3-44H2,1-2H3. The molecular weight excluding hydrogens is 587 g/mol. The van der Waals surface area contributed by atoms with Crippen molar-refractivity contribution in [3.63, 3.8) is 0 Å². The molecule has 0 aromatic heterocycles. The molecule has 0 heterocycles. The lowest BCUT2D eigenvalue weighted by atomic mass is 10.0. The molecule has 48 heavy (non-hydrogen) atoms. The number of hydrogen-bond donors (Lipinski definition) is 1. The summed E-state index contributed by atoms with van der Waals surface area (Å²) in [6.45, 7) is 5.10. The van der Waals surface area contributed by atoms with Crippen molar-refractivity contribution in [1.29, 1.82) is 0 Å². The van der Waals surface area contributed by atoms with Crippen LogP contribution in [0.25, 0.3) is 0 Å². The molecule has 0 spiro atoms. The summed E-state index contributed by atoms with van der Waals surface area (Å²) in [6, 6.07) is 0. The summed E-state index contributed by atoms with van der Waals surface area (Å²) in [4.78, 5) is 12.2. The number of carbonyl (C=O) groups excluding carboxylic acids is 1. The molecule has 3 heteroatoms. The first-order chi connectivity index (χ1) is 23.7. The van der Waals surface area contributed by atoms with Crippen molar-refractivity contribution in [2.45, 2.75) is 277 Å². The Bertz CT molecular complexity index is 594. The first-order valence-corrected chi connectivity index (χ1v) is 22.7. The topological polar surface area (TPSA) is 40.5 Å². The third kappa shape index (κ3) is 39.9. The van der Waals surface area contributed by atoms with Crippen molar-refractivity contribution in [1.82, 2.24) is 5.06 Å². The Morgan fingerprint density at radius 3 is 0.729 bits per heavy atom. The number of nitrogens with zero attached hydrogens (tertiary/aromatic N) is 1. The minimum absolute atomic E-state index is 0.0746. The molecule has 0 radical (unpaired) electrons. The van der Waals surface area contributed by atoms with E-state index in [4.69, 9.17) is 0 Å². The molecule has 0 bridgehead atoms. The zero-order chi connectivity index (χ0) is 34.9.